The lowest BCUT2D eigenvalue weighted by Crippen LogP contribution is -2.47. The first-order valence-electron chi connectivity index (χ1n) is 7.49. The number of hydrogen-bond donors (Lipinski definition) is 1. The first kappa shape index (κ1) is 13.3. The van der Waals surface area contributed by atoms with Crippen LogP contribution in [0.15, 0.2) is 16.6 Å². The number of nitrogen functional groups attached to an aromatic ring is 1. The number of nitrogens with zero attached hydrogens (tertiary/aromatic N) is 1. The van der Waals surface area contributed by atoms with Crippen molar-refractivity contribution in [2.75, 3.05) is 17.2 Å². The Balaban J connectivity index is 1.93. The van der Waals surface area contributed by atoms with E-state index in [2.05, 4.69) is 39.9 Å². The van der Waals surface area contributed by atoms with Gasteiger partial charge in [0.2, 0.25) is 0 Å². The molecule has 2 fully saturated rings. The van der Waals surface area contributed by atoms with Crippen LogP contribution < -0.4 is 10.6 Å². The summed E-state index contributed by atoms with van der Waals surface area (Å²) >= 11 is 3.71. The van der Waals surface area contributed by atoms with Gasteiger partial charge in [0.1, 0.15) is 0 Å². The SMILES string of the molecule is Cc1cc(N2CCCC3CCCCC32)c(Br)cc1N. The fourth-order valence-electron chi connectivity index (χ4n) is 3.83. The summed E-state index contributed by atoms with van der Waals surface area (Å²) in [4.78, 5) is 2.64. The van der Waals surface area contributed by atoms with Gasteiger partial charge >= 0.3 is 0 Å². The molecule has 1 saturated carbocycles. The molecule has 2 nitrogen and oxygen atoms in total. The Morgan fingerprint density at radius 3 is 2.74 bits per heavy atom. The van der Waals surface area contributed by atoms with E-state index in [0.717, 1.165) is 22.1 Å². The molecular formula is C16H23BrN2. The van der Waals surface area contributed by atoms with Gasteiger partial charge in [0.25, 0.3) is 0 Å². The zero-order chi connectivity index (χ0) is 13.4. The summed E-state index contributed by atoms with van der Waals surface area (Å²) in [5.41, 5.74) is 9.43. The highest BCUT2D eigenvalue weighted by Crippen LogP contribution is 2.41. The van der Waals surface area contributed by atoms with Crippen molar-refractivity contribution in [3.05, 3.63) is 22.2 Å². The highest BCUT2D eigenvalue weighted by atomic mass is 79.9. The van der Waals surface area contributed by atoms with Crippen molar-refractivity contribution in [3.63, 3.8) is 0 Å². The van der Waals surface area contributed by atoms with Gasteiger partial charge in [-0.1, -0.05) is 12.8 Å². The Kier molecular flexibility index (Phi) is 3.75. The third-order valence-electron chi connectivity index (χ3n) is 4.89. The number of rotatable bonds is 1. The average molecular weight is 323 g/mol. The lowest BCUT2D eigenvalue weighted by molar-refractivity contribution is 0.243. The largest absolute Gasteiger partial charge is 0.398 e. The molecule has 0 spiro atoms. The van der Waals surface area contributed by atoms with Crippen molar-refractivity contribution >= 4 is 27.3 Å². The second kappa shape index (κ2) is 5.35. The molecule has 1 heterocycles. The number of fused-ring (bicyclic) bond motifs is 1. The zero-order valence-electron chi connectivity index (χ0n) is 11.7. The molecule has 2 atom stereocenters. The minimum Gasteiger partial charge on any atom is -0.398 e. The normalized spacial score (nSPS) is 27.2. The molecule has 2 unspecified atom stereocenters. The summed E-state index contributed by atoms with van der Waals surface area (Å²) in [5.74, 6) is 0.909. The molecule has 2 aliphatic rings. The summed E-state index contributed by atoms with van der Waals surface area (Å²) in [6.07, 6.45) is 8.36. The van der Waals surface area contributed by atoms with Crippen LogP contribution >= 0.6 is 15.9 Å². The molecule has 1 saturated heterocycles. The van der Waals surface area contributed by atoms with Gasteiger partial charge in [-0.15, -0.1) is 0 Å². The van der Waals surface area contributed by atoms with Crippen LogP contribution in [0.3, 0.4) is 0 Å². The van der Waals surface area contributed by atoms with Gasteiger partial charge in [-0.3, -0.25) is 0 Å². The van der Waals surface area contributed by atoms with Crippen LogP contribution in [0.1, 0.15) is 44.1 Å². The number of aryl methyl sites for hydroxylation is 1. The smallest absolute Gasteiger partial charge is 0.0517 e. The van der Waals surface area contributed by atoms with E-state index in [0.29, 0.717) is 0 Å². The van der Waals surface area contributed by atoms with Crippen molar-refractivity contribution < 1.29 is 0 Å². The van der Waals surface area contributed by atoms with Crippen LogP contribution in [0.2, 0.25) is 0 Å². The molecule has 1 aliphatic carbocycles. The molecule has 3 rings (SSSR count). The predicted octanol–water partition coefficient (Wildman–Crippen LogP) is 4.50. The van der Waals surface area contributed by atoms with Crippen LogP contribution in [0, 0.1) is 12.8 Å². The van der Waals surface area contributed by atoms with Crippen LogP contribution in [0.5, 0.6) is 0 Å². The number of benzene rings is 1. The topological polar surface area (TPSA) is 29.3 Å². The molecule has 0 bridgehead atoms. The lowest BCUT2D eigenvalue weighted by Gasteiger charge is -2.46. The molecule has 19 heavy (non-hydrogen) atoms. The first-order valence-corrected chi connectivity index (χ1v) is 8.28. The fourth-order valence-corrected chi connectivity index (χ4v) is 4.41. The van der Waals surface area contributed by atoms with Gasteiger partial charge < -0.3 is 10.6 Å². The molecule has 2 N–H and O–H groups in total. The van der Waals surface area contributed by atoms with E-state index < -0.39 is 0 Å². The van der Waals surface area contributed by atoms with Gasteiger partial charge in [0.15, 0.2) is 0 Å². The molecule has 0 radical (unpaired) electrons. The summed E-state index contributed by atoms with van der Waals surface area (Å²) < 4.78 is 1.15. The second-order valence-electron chi connectivity index (χ2n) is 6.11. The zero-order valence-corrected chi connectivity index (χ0v) is 13.2. The number of piperidine rings is 1. The molecule has 3 heteroatoms. The van der Waals surface area contributed by atoms with E-state index >= 15 is 0 Å². The van der Waals surface area contributed by atoms with E-state index in [1.807, 2.05) is 0 Å². The Morgan fingerprint density at radius 1 is 1.16 bits per heavy atom. The fraction of sp³-hybridized carbons (Fsp3) is 0.625. The summed E-state index contributed by atoms with van der Waals surface area (Å²) in [5, 5.41) is 0. The maximum atomic E-state index is 6.00. The molecule has 1 aromatic carbocycles. The first-order chi connectivity index (χ1) is 9.16. The number of nitrogens with two attached hydrogens (primary N) is 1. The van der Waals surface area contributed by atoms with Crippen molar-refractivity contribution in [3.8, 4) is 0 Å². The van der Waals surface area contributed by atoms with E-state index in [4.69, 9.17) is 5.73 Å². The predicted molar refractivity (Wildman–Crippen MR) is 85.6 cm³/mol. The highest BCUT2D eigenvalue weighted by Gasteiger charge is 2.34. The van der Waals surface area contributed by atoms with Crippen LogP contribution in [0.4, 0.5) is 11.4 Å². The van der Waals surface area contributed by atoms with Gasteiger partial charge in [-0.05, 0) is 72.2 Å². The van der Waals surface area contributed by atoms with Gasteiger partial charge in [0.05, 0.1) is 5.69 Å². The average Bonchev–Trinajstić information content (AvgIpc) is 2.42. The Morgan fingerprint density at radius 2 is 1.89 bits per heavy atom. The Hall–Kier alpha value is -0.700. The standard InChI is InChI=1S/C16H23BrN2/c1-11-9-16(13(17)10-14(11)18)19-8-4-6-12-5-2-3-7-15(12)19/h9-10,12,15H,2-8,18H2,1H3. The van der Waals surface area contributed by atoms with Gasteiger partial charge in [-0.2, -0.15) is 0 Å². The quantitative estimate of drug-likeness (QED) is 0.771. The molecule has 1 aliphatic heterocycles. The van der Waals surface area contributed by atoms with Crippen molar-refractivity contribution in [2.24, 2.45) is 5.92 Å². The minimum atomic E-state index is 0.752. The monoisotopic (exact) mass is 322 g/mol. The molecule has 104 valence electrons. The molecule has 1 aromatic rings. The van der Waals surface area contributed by atoms with E-state index in [-0.39, 0.29) is 0 Å². The van der Waals surface area contributed by atoms with Crippen LogP contribution in [-0.4, -0.2) is 12.6 Å². The van der Waals surface area contributed by atoms with Crippen molar-refractivity contribution in [1.29, 1.82) is 0 Å². The molecular weight excluding hydrogens is 300 g/mol. The third-order valence-corrected chi connectivity index (χ3v) is 5.52. The van der Waals surface area contributed by atoms with Crippen LogP contribution in [0.25, 0.3) is 0 Å². The van der Waals surface area contributed by atoms with E-state index in [1.54, 1.807) is 0 Å². The van der Waals surface area contributed by atoms with Gasteiger partial charge in [0, 0.05) is 22.7 Å². The Bertz CT molecular complexity index is 470. The highest BCUT2D eigenvalue weighted by molar-refractivity contribution is 9.10. The summed E-state index contributed by atoms with van der Waals surface area (Å²) in [6, 6.07) is 5.08. The summed E-state index contributed by atoms with van der Waals surface area (Å²) in [7, 11) is 0. The third kappa shape index (κ3) is 2.49. The second-order valence-corrected chi connectivity index (χ2v) is 6.96. The lowest BCUT2D eigenvalue weighted by atomic mass is 9.78. The molecule has 0 amide bonds. The maximum absolute atomic E-state index is 6.00. The Labute approximate surface area is 124 Å². The molecule has 0 aromatic heterocycles. The van der Waals surface area contributed by atoms with Crippen molar-refractivity contribution in [2.45, 2.75) is 51.5 Å². The minimum absolute atomic E-state index is 0.752. The van der Waals surface area contributed by atoms with E-state index in [9.17, 15) is 0 Å². The maximum Gasteiger partial charge on any atom is 0.0517 e. The van der Waals surface area contributed by atoms with Gasteiger partial charge in [-0.25, -0.2) is 0 Å². The van der Waals surface area contributed by atoms with E-state index in [1.165, 1.54) is 56.3 Å². The number of hydrogen-bond acceptors (Lipinski definition) is 2. The van der Waals surface area contributed by atoms with Crippen LogP contribution in [-0.2, 0) is 0 Å². The summed E-state index contributed by atoms with van der Waals surface area (Å²) in [6.45, 7) is 3.30. The number of anilines is 2. The number of halogens is 1. The van der Waals surface area contributed by atoms with Crippen molar-refractivity contribution in [1.82, 2.24) is 0 Å².